The summed E-state index contributed by atoms with van der Waals surface area (Å²) in [5, 5.41) is 3.37. The van der Waals surface area contributed by atoms with Gasteiger partial charge in [0, 0.05) is 33.4 Å². The van der Waals surface area contributed by atoms with Crippen molar-refractivity contribution < 1.29 is 9.53 Å². The highest BCUT2D eigenvalue weighted by Crippen LogP contribution is 2.32. The second-order valence-electron chi connectivity index (χ2n) is 6.26. The molecule has 1 aliphatic carbocycles. The van der Waals surface area contributed by atoms with Crippen molar-refractivity contribution in [1.82, 2.24) is 14.9 Å². The van der Waals surface area contributed by atoms with Crippen LogP contribution in [0.15, 0.2) is 6.33 Å². The summed E-state index contributed by atoms with van der Waals surface area (Å²) >= 11 is 0. The predicted molar refractivity (Wildman–Crippen MR) is 88.5 cm³/mol. The van der Waals surface area contributed by atoms with Crippen LogP contribution in [0.2, 0.25) is 0 Å². The summed E-state index contributed by atoms with van der Waals surface area (Å²) in [6, 6.07) is 0.378. The molecule has 126 valence electrons. The molecule has 0 bridgehead atoms. The van der Waals surface area contributed by atoms with E-state index in [9.17, 15) is 4.79 Å². The van der Waals surface area contributed by atoms with Gasteiger partial charge in [-0.05, 0) is 25.7 Å². The van der Waals surface area contributed by atoms with Gasteiger partial charge in [0.2, 0.25) is 5.91 Å². The lowest BCUT2D eigenvalue weighted by Gasteiger charge is -2.37. The summed E-state index contributed by atoms with van der Waals surface area (Å²) in [5.41, 5.74) is 1.02. The topological polar surface area (TPSA) is 70.6 Å². The monoisotopic (exact) mass is 319 g/mol. The van der Waals surface area contributed by atoms with Gasteiger partial charge < -0.3 is 19.9 Å². The standard InChI is InChI=1S/C16H25N5O2/c1-20-10-14(22)21(12-5-3-6-12)9-13-15(17-7-4-8-23-2)18-11-19-16(13)20/h11-12H,3-10H2,1-2H3,(H,17,18,19). The number of ether oxygens (including phenoxy) is 1. The quantitative estimate of drug-likeness (QED) is 0.796. The first-order valence-electron chi connectivity index (χ1n) is 8.28. The van der Waals surface area contributed by atoms with Crippen LogP contribution in [0.3, 0.4) is 0 Å². The largest absolute Gasteiger partial charge is 0.385 e. The predicted octanol–water partition coefficient (Wildman–Crippen LogP) is 1.26. The lowest BCUT2D eigenvalue weighted by Crippen LogP contribution is -2.45. The fraction of sp³-hybridized carbons (Fsp3) is 0.688. The SMILES string of the molecule is COCCCNc1ncnc2c1CN(C1CCC1)C(=O)CN2C. The Bertz CT molecular complexity index is 561. The van der Waals surface area contributed by atoms with Crippen LogP contribution in [0.1, 0.15) is 31.2 Å². The van der Waals surface area contributed by atoms with E-state index >= 15 is 0 Å². The Labute approximate surface area is 137 Å². The van der Waals surface area contributed by atoms with Crippen LogP contribution in [-0.4, -0.2) is 60.7 Å². The van der Waals surface area contributed by atoms with Crippen LogP contribution in [0.5, 0.6) is 0 Å². The Hall–Kier alpha value is -1.89. The van der Waals surface area contributed by atoms with E-state index in [0.29, 0.717) is 25.7 Å². The molecule has 0 radical (unpaired) electrons. The Morgan fingerprint density at radius 3 is 2.87 bits per heavy atom. The van der Waals surface area contributed by atoms with Gasteiger partial charge in [0.15, 0.2) is 0 Å². The number of amides is 1. The number of methoxy groups -OCH3 is 1. The highest BCUT2D eigenvalue weighted by atomic mass is 16.5. The summed E-state index contributed by atoms with van der Waals surface area (Å²) < 4.78 is 5.08. The zero-order valence-electron chi connectivity index (χ0n) is 13.9. The number of nitrogens with zero attached hydrogens (tertiary/aromatic N) is 4. The first kappa shape index (κ1) is 16.0. The van der Waals surface area contributed by atoms with Crippen LogP contribution < -0.4 is 10.2 Å². The fourth-order valence-electron chi connectivity index (χ4n) is 3.11. The zero-order valence-corrected chi connectivity index (χ0v) is 13.9. The van der Waals surface area contributed by atoms with E-state index in [2.05, 4.69) is 15.3 Å². The van der Waals surface area contributed by atoms with Gasteiger partial charge in [-0.1, -0.05) is 0 Å². The average Bonchev–Trinajstić information content (AvgIpc) is 2.61. The molecular formula is C16H25N5O2. The van der Waals surface area contributed by atoms with E-state index in [1.54, 1.807) is 13.4 Å². The summed E-state index contributed by atoms with van der Waals surface area (Å²) in [5.74, 6) is 1.86. The van der Waals surface area contributed by atoms with Crippen molar-refractivity contribution in [2.45, 2.75) is 38.3 Å². The normalized spacial score (nSPS) is 18.4. The van der Waals surface area contributed by atoms with Crippen molar-refractivity contribution in [2.24, 2.45) is 0 Å². The zero-order chi connectivity index (χ0) is 16.2. The van der Waals surface area contributed by atoms with Crippen molar-refractivity contribution in [1.29, 1.82) is 0 Å². The third kappa shape index (κ3) is 3.39. The number of carbonyl (C=O) groups is 1. The number of carbonyl (C=O) groups excluding carboxylic acids is 1. The molecule has 0 saturated heterocycles. The Morgan fingerprint density at radius 2 is 2.17 bits per heavy atom. The fourth-order valence-corrected chi connectivity index (χ4v) is 3.11. The van der Waals surface area contributed by atoms with Crippen LogP contribution in [0, 0.1) is 0 Å². The molecule has 2 aliphatic rings. The molecule has 1 aromatic rings. The second-order valence-corrected chi connectivity index (χ2v) is 6.26. The van der Waals surface area contributed by atoms with Crippen molar-refractivity contribution in [3.05, 3.63) is 11.9 Å². The van der Waals surface area contributed by atoms with E-state index in [4.69, 9.17) is 4.74 Å². The molecule has 1 N–H and O–H groups in total. The third-order valence-electron chi connectivity index (χ3n) is 4.64. The van der Waals surface area contributed by atoms with Crippen molar-refractivity contribution in [3.8, 4) is 0 Å². The summed E-state index contributed by atoms with van der Waals surface area (Å²) in [4.78, 5) is 25.3. The van der Waals surface area contributed by atoms with Gasteiger partial charge in [0.05, 0.1) is 18.7 Å². The third-order valence-corrected chi connectivity index (χ3v) is 4.64. The number of fused-ring (bicyclic) bond motifs is 1. The Morgan fingerprint density at radius 1 is 1.35 bits per heavy atom. The van der Waals surface area contributed by atoms with Crippen molar-refractivity contribution in [3.63, 3.8) is 0 Å². The first-order valence-corrected chi connectivity index (χ1v) is 8.28. The Kier molecular flexibility index (Phi) is 4.95. The van der Waals surface area contributed by atoms with Gasteiger partial charge in [-0.3, -0.25) is 4.79 Å². The molecule has 7 nitrogen and oxygen atoms in total. The van der Waals surface area contributed by atoms with Gasteiger partial charge in [-0.15, -0.1) is 0 Å². The molecule has 0 spiro atoms. The molecule has 3 rings (SSSR count). The smallest absolute Gasteiger partial charge is 0.242 e. The molecule has 7 heteroatoms. The van der Waals surface area contributed by atoms with Crippen molar-refractivity contribution in [2.75, 3.05) is 44.1 Å². The highest BCUT2D eigenvalue weighted by molar-refractivity contribution is 5.84. The molecule has 0 atom stereocenters. The van der Waals surface area contributed by atoms with Crippen LogP contribution in [0.25, 0.3) is 0 Å². The summed E-state index contributed by atoms with van der Waals surface area (Å²) in [7, 11) is 3.62. The van der Waals surface area contributed by atoms with Gasteiger partial charge in [0.1, 0.15) is 18.0 Å². The minimum absolute atomic E-state index is 0.181. The average molecular weight is 319 g/mol. The maximum Gasteiger partial charge on any atom is 0.242 e. The number of likely N-dealkylation sites (N-methyl/N-ethyl adjacent to an activating group) is 1. The Balaban J connectivity index is 1.82. The summed E-state index contributed by atoms with van der Waals surface area (Å²) in [6.45, 7) is 2.48. The lowest BCUT2D eigenvalue weighted by molar-refractivity contribution is -0.134. The van der Waals surface area contributed by atoms with Crippen LogP contribution in [-0.2, 0) is 16.1 Å². The summed E-state index contributed by atoms with van der Waals surface area (Å²) in [6.07, 6.45) is 5.91. The van der Waals surface area contributed by atoms with E-state index < -0.39 is 0 Å². The number of hydrogen-bond acceptors (Lipinski definition) is 6. The van der Waals surface area contributed by atoms with E-state index in [1.165, 1.54) is 6.42 Å². The molecule has 1 amide bonds. The molecular weight excluding hydrogens is 294 g/mol. The number of anilines is 2. The minimum Gasteiger partial charge on any atom is -0.385 e. The molecule has 1 aromatic heterocycles. The van der Waals surface area contributed by atoms with Gasteiger partial charge >= 0.3 is 0 Å². The molecule has 1 aliphatic heterocycles. The molecule has 1 fully saturated rings. The van der Waals surface area contributed by atoms with Gasteiger partial charge in [-0.25, -0.2) is 9.97 Å². The minimum atomic E-state index is 0.181. The maximum atomic E-state index is 12.5. The number of hydrogen-bond donors (Lipinski definition) is 1. The second kappa shape index (κ2) is 7.12. The van der Waals surface area contributed by atoms with Gasteiger partial charge in [0.25, 0.3) is 0 Å². The molecule has 1 saturated carbocycles. The lowest BCUT2D eigenvalue weighted by atomic mass is 9.91. The molecule has 23 heavy (non-hydrogen) atoms. The van der Waals surface area contributed by atoms with Crippen LogP contribution >= 0.6 is 0 Å². The van der Waals surface area contributed by atoms with E-state index in [0.717, 1.165) is 43.0 Å². The van der Waals surface area contributed by atoms with E-state index in [-0.39, 0.29) is 5.91 Å². The van der Waals surface area contributed by atoms with E-state index in [1.807, 2.05) is 16.8 Å². The number of aromatic nitrogens is 2. The molecule has 0 aromatic carbocycles. The molecule has 2 heterocycles. The van der Waals surface area contributed by atoms with Crippen LogP contribution in [0.4, 0.5) is 11.6 Å². The van der Waals surface area contributed by atoms with Crippen molar-refractivity contribution >= 4 is 17.5 Å². The number of nitrogens with one attached hydrogen (secondary N) is 1. The first-order chi connectivity index (χ1) is 11.2. The highest BCUT2D eigenvalue weighted by Gasteiger charge is 2.33. The number of rotatable bonds is 6. The molecule has 0 unspecified atom stereocenters. The van der Waals surface area contributed by atoms with Gasteiger partial charge in [-0.2, -0.15) is 0 Å². The maximum absolute atomic E-state index is 12.5.